The maximum Gasteiger partial charge on any atom is 0.227 e. The zero-order chi connectivity index (χ0) is 13.7. The smallest absolute Gasteiger partial charge is 0.227 e. The van der Waals surface area contributed by atoms with Gasteiger partial charge in [-0.3, -0.25) is 4.79 Å². The second-order valence-electron chi connectivity index (χ2n) is 4.40. The highest BCUT2D eigenvalue weighted by atomic mass is 32.1. The molecular formula is C14H17N3OS. The summed E-state index contributed by atoms with van der Waals surface area (Å²) in [5.74, 6) is -0.0843. The molecule has 2 aromatic rings. The molecule has 2 rings (SSSR count). The summed E-state index contributed by atoms with van der Waals surface area (Å²) in [6.07, 6.45) is 1.11. The number of hydrogen-bond acceptors (Lipinski definition) is 4. The molecule has 0 saturated heterocycles. The molecule has 5 heteroatoms. The number of rotatable bonds is 5. The van der Waals surface area contributed by atoms with E-state index < -0.39 is 0 Å². The molecule has 1 aromatic carbocycles. The van der Waals surface area contributed by atoms with Gasteiger partial charge in [-0.15, -0.1) is 11.3 Å². The fourth-order valence-corrected chi connectivity index (χ4v) is 2.52. The number of carbonyl (C=O) groups excluding carboxylic acids is 1. The molecule has 1 amide bonds. The van der Waals surface area contributed by atoms with E-state index in [1.54, 1.807) is 0 Å². The lowest BCUT2D eigenvalue weighted by molar-refractivity contribution is -0.116. The van der Waals surface area contributed by atoms with E-state index in [2.05, 4.69) is 35.4 Å². The van der Waals surface area contributed by atoms with Gasteiger partial charge in [-0.1, -0.05) is 29.8 Å². The molecule has 1 aromatic heterocycles. The van der Waals surface area contributed by atoms with Gasteiger partial charge >= 0.3 is 0 Å². The van der Waals surface area contributed by atoms with Crippen LogP contribution in [-0.4, -0.2) is 17.4 Å². The first kappa shape index (κ1) is 13.7. The molecule has 0 bridgehead atoms. The zero-order valence-electron chi connectivity index (χ0n) is 10.8. The topological polar surface area (TPSA) is 68.0 Å². The van der Waals surface area contributed by atoms with Crippen molar-refractivity contribution in [2.24, 2.45) is 5.73 Å². The van der Waals surface area contributed by atoms with Crippen molar-refractivity contribution in [2.45, 2.75) is 19.8 Å². The van der Waals surface area contributed by atoms with Crippen molar-refractivity contribution in [3.05, 3.63) is 46.5 Å². The Morgan fingerprint density at radius 3 is 3.05 bits per heavy atom. The molecule has 0 aliphatic rings. The molecule has 0 aliphatic heterocycles. The van der Waals surface area contributed by atoms with Gasteiger partial charge in [-0.05, 0) is 12.5 Å². The van der Waals surface area contributed by atoms with E-state index in [0.29, 0.717) is 18.1 Å². The van der Waals surface area contributed by atoms with Gasteiger partial charge in [0.2, 0.25) is 5.91 Å². The second-order valence-corrected chi connectivity index (χ2v) is 5.25. The quantitative estimate of drug-likeness (QED) is 0.880. The number of carbonyl (C=O) groups is 1. The third kappa shape index (κ3) is 4.15. The van der Waals surface area contributed by atoms with E-state index in [0.717, 1.165) is 12.1 Å². The van der Waals surface area contributed by atoms with Crippen molar-refractivity contribution in [3.63, 3.8) is 0 Å². The lowest BCUT2D eigenvalue weighted by Crippen LogP contribution is -2.16. The van der Waals surface area contributed by atoms with Crippen molar-refractivity contribution in [1.29, 1.82) is 0 Å². The monoisotopic (exact) mass is 275 g/mol. The fraction of sp³-hybridized carbons (Fsp3) is 0.286. The zero-order valence-corrected chi connectivity index (χ0v) is 11.7. The van der Waals surface area contributed by atoms with Gasteiger partial charge < -0.3 is 11.1 Å². The molecule has 4 nitrogen and oxygen atoms in total. The first-order valence-corrected chi connectivity index (χ1v) is 7.05. The van der Waals surface area contributed by atoms with E-state index in [9.17, 15) is 4.79 Å². The van der Waals surface area contributed by atoms with Crippen LogP contribution in [0.2, 0.25) is 0 Å². The Morgan fingerprint density at radius 1 is 1.47 bits per heavy atom. The van der Waals surface area contributed by atoms with Crippen LogP contribution in [0, 0.1) is 6.92 Å². The molecule has 100 valence electrons. The number of nitrogens with one attached hydrogen (secondary N) is 1. The van der Waals surface area contributed by atoms with E-state index in [4.69, 9.17) is 5.73 Å². The third-order valence-electron chi connectivity index (χ3n) is 2.64. The molecule has 0 aliphatic carbocycles. The molecule has 19 heavy (non-hydrogen) atoms. The first-order valence-electron chi connectivity index (χ1n) is 6.17. The number of nitrogens with two attached hydrogens (primary N) is 1. The molecule has 0 fully saturated rings. The highest BCUT2D eigenvalue weighted by Gasteiger charge is 2.06. The summed E-state index contributed by atoms with van der Waals surface area (Å²) in [6, 6.07) is 8.34. The van der Waals surface area contributed by atoms with Crippen molar-refractivity contribution in [3.8, 4) is 0 Å². The van der Waals surface area contributed by atoms with Crippen LogP contribution in [0.25, 0.3) is 0 Å². The summed E-state index contributed by atoms with van der Waals surface area (Å²) in [6.45, 7) is 2.43. The third-order valence-corrected chi connectivity index (χ3v) is 3.44. The molecule has 1 heterocycles. The lowest BCUT2D eigenvalue weighted by Gasteiger charge is -2.00. The minimum atomic E-state index is -0.0843. The minimum absolute atomic E-state index is 0.0843. The van der Waals surface area contributed by atoms with Crippen LogP contribution >= 0.6 is 11.3 Å². The van der Waals surface area contributed by atoms with Gasteiger partial charge in [0.1, 0.15) is 0 Å². The first-order chi connectivity index (χ1) is 9.17. The summed E-state index contributed by atoms with van der Waals surface area (Å²) in [5.41, 5.74) is 8.76. The Hall–Kier alpha value is -1.72. The number of anilines is 1. The molecule has 0 radical (unpaired) electrons. The summed E-state index contributed by atoms with van der Waals surface area (Å²) in [4.78, 5) is 15.8. The van der Waals surface area contributed by atoms with E-state index in [1.807, 2.05) is 11.4 Å². The van der Waals surface area contributed by atoms with Gasteiger partial charge in [0.25, 0.3) is 0 Å². The number of benzene rings is 1. The van der Waals surface area contributed by atoms with Gasteiger partial charge in [0, 0.05) is 24.8 Å². The molecule has 0 saturated carbocycles. The minimum Gasteiger partial charge on any atom is -0.330 e. The Kier molecular flexibility index (Phi) is 4.65. The lowest BCUT2D eigenvalue weighted by atomic mass is 10.1. The number of thiazole rings is 1. The van der Waals surface area contributed by atoms with Crippen molar-refractivity contribution in [2.75, 3.05) is 11.9 Å². The van der Waals surface area contributed by atoms with Crippen LogP contribution in [0.3, 0.4) is 0 Å². The Bertz CT molecular complexity index is 565. The highest BCUT2D eigenvalue weighted by molar-refractivity contribution is 7.13. The summed E-state index contributed by atoms with van der Waals surface area (Å²) in [7, 11) is 0. The predicted octanol–water partition coefficient (Wildman–Crippen LogP) is 2.33. The maximum absolute atomic E-state index is 11.4. The number of nitrogens with zero attached hydrogens (tertiary/aromatic N) is 1. The van der Waals surface area contributed by atoms with Crippen molar-refractivity contribution >= 4 is 22.4 Å². The Labute approximate surface area is 116 Å². The predicted molar refractivity (Wildman–Crippen MR) is 78.4 cm³/mol. The van der Waals surface area contributed by atoms with Crippen molar-refractivity contribution in [1.82, 2.24) is 4.98 Å². The number of aromatic nitrogens is 1. The summed E-state index contributed by atoms with van der Waals surface area (Å²) < 4.78 is 0. The molecule has 0 atom stereocenters. The summed E-state index contributed by atoms with van der Waals surface area (Å²) >= 11 is 1.44. The number of amides is 1. The average Bonchev–Trinajstić information content (AvgIpc) is 2.76. The van der Waals surface area contributed by atoms with E-state index >= 15 is 0 Å². The van der Waals surface area contributed by atoms with Crippen molar-refractivity contribution < 1.29 is 4.79 Å². The van der Waals surface area contributed by atoms with Gasteiger partial charge in [-0.2, -0.15) is 0 Å². The van der Waals surface area contributed by atoms with Crippen LogP contribution in [0.15, 0.2) is 29.6 Å². The SMILES string of the molecule is Cc1cccc(Cc2csc(NC(=O)CCN)n2)c1. The number of hydrogen-bond donors (Lipinski definition) is 2. The standard InChI is InChI=1S/C14H17N3OS/c1-10-3-2-4-11(7-10)8-12-9-19-14(16-12)17-13(18)5-6-15/h2-4,7,9H,5-6,8,15H2,1H3,(H,16,17,18). The normalized spacial score (nSPS) is 10.4. The van der Waals surface area contributed by atoms with Gasteiger partial charge in [0.05, 0.1) is 5.69 Å². The van der Waals surface area contributed by atoms with Gasteiger partial charge in [0.15, 0.2) is 5.13 Å². The van der Waals surface area contributed by atoms with Crippen LogP contribution in [0.4, 0.5) is 5.13 Å². The Balaban J connectivity index is 1.99. The summed E-state index contributed by atoms with van der Waals surface area (Å²) in [5, 5.41) is 5.36. The van der Waals surface area contributed by atoms with Crippen LogP contribution < -0.4 is 11.1 Å². The van der Waals surface area contributed by atoms with E-state index in [1.165, 1.54) is 22.5 Å². The fourth-order valence-electron chi connectivity index (χ4n) is 1.79. The average molecular weight is 275 g/mol. The molecular weight excluding hydrogens is 258 g/mol. The van der Waals surface area contributed by atoms with Crippen LogP contribution in [0.1, 0.15) is 23.2 Å². The van der Waals surface area contributed by atoms with E-state index in [-0.39, 0.29) is 5.91 Å². The van der Waals surface area contributed by atoms with Crippen LogP contribution in [-0.2, 0) is 11.2 Å². The highest BCUT2D eigenvalue weighted by Crippen LogP contribution is 2.18. The molecule has 3 N–H and O–H groups in total. The maximum atomic E-state index is 11.4. The Morgan fingerprint density at radius 2 is 2.32 bits per heavy atom. The second kappa shape index (κ2) is 6.45. The van der Waals surface area contributed by atoms with Crippen LogP contribution in [0.5, 0.6) is 0 Å². The largest absolute Gasteiger partial charge is 0.330 e. The number of aryl methyl sites for hydroxylation is 1. The molecule has 0 spiro atoms. The molecule has 0 unspecified atom stereocenters. The van der Waals surface area contributed by atoms with Gasteiger partial charge in [-0.25, -0.2) is 4.98 Å².